The number of rotatable bonds is 4. The van der Waals surface area contributed by atoms with E-state index in [1.165, 1.54) is 0 Å². The molecule has 0 aliphatic heterocycles. The zero-order chi connectivity index (χ0) is 14.7. The summed E-state index contributed by atoms with van der Waals surface area (Å²) < 4.78 is 26.9. The number of alkyl halides is 2. The maximum atomic E-state index is 12.6. The van der Waals surface area contributed by atoms with E-state index in [2.05, 4.69) is 20.9 Å². The van der Waals surface area contributed by atoms with Crippen molar-refractivity contribution in [2.45, 2.75) is 51.1 Å². The van der Waals surface area contributed by atoms with Gasteiger partial charge in [-0.05, 0) is 19.3 Å². The number of carbonyl (C=O) groups is 1. The molecule has 112 valence electrons. The molecular weight excluding hydrogens is 268 g/mol. The maximum absolute atomic E-state index is 12.6. The Labute approximate surface area is 115 Å². The average molecular weight is 287 g/mol. The molecule has 2 rings (SSSR count). The molecule has 0 fully saturated rings. The Balaban J connectivity index is 1.87. The van der Waals surface area contributed by atoms with Crippen LogP contribution in [-0.4, -0.2) is 39.5 Å². The number of amides is 2. The molecule has 2 amide bonds. The Morgan fingerprint density at radius 1 is 1.55 bits per heavy atom. The lowest BCUT2D eigenvalue weighted by Gasteiger charge is -2.24. The smallest absolute Gasteiger partial charge is 0.315 e. The van der Waals surface area contributed by atoms with Gasteiger partial charge in [0.05, 0.1) is 17.4 Å². The number of nitrogens with zero attached hydrogens (tertiary/aromatic N) is 3. The second kappa shape index (κ2) is 6.15. The number of fused-ring (bicyclic) bond motifs is 1. The van der Waals surface area contributed by atoms with Crippen LogP contribution < -0.4 is 10.6 Å². The van der Waals surface area contributed by atoms with Crippen LogP contribution in [0.2, 0.25) is 0 Å². The molecule has 6 nitrogen and oxygen atoms in total. The zero-order valence-corrected chi connectivity index (χ0v) is 11.6. The first-order chi connectivity index (χ1) is 9.51. The van der Waals surface area contributed by atoms with Crippen LogP contribution in [0.25, 0.3) is 0 Å². The van der Waals surface area contributed by atoms with E-state index in [0.29, 0.717) is 6.42 Å². The van der Waals surface area contributed by atoms with Gasteiger partial charge >= 0.3 is 6.03 Å². The molecule has 1 aromatic rings. The lowest BCUT2D eigenvalue weighted by Crippen LogP contribution is -2.49. The van der Waals surface area contributed by atoms with Gasteiger partial charge in [-0.25, -0.2) is 13.6 Å². The van der Waals surface area contributed by atoms with Gasteiger partial charge in [-0.15, -0.1) is 5.10 Å². The minimum Gasteiger partial charge on any atom is -0.335 e. The second-order valence-electron chi connectivity index (χ2n) is 5.01. The number of nitrogens with one attached hydrogen (secondary N) is 2. The van der Waals surface area contributed by atoms with E-state index in [9.17, 15) is 13.6 Å². The third kappa shape index (κ3) is 3.23. The highest BCUT2D eigenvalue weighted by molar-refractivity contribution is 5.74. The molecule has 0 spiro atoms. The van der Waals surface area contributed by atoms with Gasteiger partial charge < -0.3 is 10.6 Å². The van der Waals surface area contributed by atoms with Gasteiger partial charge in [0.2, 0.25) is 0 Å². The summed E-state index contributed by atoms with van der Waals surface area (Å²) in [5.41, 5.74) is 1.94. The van der Waals surface area contributed by atoms with Crippen LogP contribution in [0.3, 0.4) is 0 Å². The molecule has 1 aromatic heterocycles. The van der Waals surface area contributed by atoms with Crippen LogP contribution in [0.4, 0.5) is 13.6 Å². The zero-order valence-electron chi connectivity index (χ0n) is 11.6. The second-order valence-corrected chi connectivity index (χ2v) is 5.01. The van der Waals surface area contributed by atoms with E-state index < -0.39 is 18.5 Å². The number of halogens is 2. The number of aryl methyl sites for hydroxylation is 1. The predicted molar refractivity (Wildman–Crippen MR) is 68.6 cm³/mol. The van der Waals surface area contributed by atoms with Crippen molar-refractivity contribution in [1.29, 1.82) is 0 Å². The molecule has 2 unspecified atom stereocenters. The number of carbonyl (C=O) groups excluding carboxylic acids is 1. The minimum atomic E-state index is -2.55. The Morgan fingerprint density at radius 3 is 2.95 bits per heavy atom. The fourth-order valence-electron chi connectivity index (χ4n) is 2.39. The van der Waals surface area contributed by atoms with Crippen molar-refractivity contribution in [3.8, 4) is 0 Å². The van der Waals surface area contributed by atoms with Gasteiger partial charge in [0.1, 0.15) is 0 Å². The molecule has 0 radical (unpaired) electrons. The molecule has 0 saturated carbocycles. The number of hydrogen-bond acceptors (Lipinski definition) is 3. The molecule has 1 aliphatic rings. The first-order valence-corrected chi connectivity index (χ1v) is 6.73. The van der Waals surface area contributed by atoms with Crippen molar-refractivity contribution < 1.29 is 13.6 Å². The molecule has 1 aliphatic carbocycles. The Kier molecular flexibility index (Phi) is 4.51. The summed E-state index contributed by atoms with van der Waals surface area (Å²) in [6.07, 6.45) is -0.238. The number of urea groups is 1. The summed E-state index contributed by atoms with van der Waals surface area (Å²) in [4.78, 5) is 11.7. The van der Waals surface area contributed by atoms with Crippen LogP contribution in [0, 0.1) is 0 Å². The molecular formula is C12H19F2N5O. The minimum absolute atomic E-state index is 0.0885. The molecule has 8 heteroatoms. The summed E-state index contributed by atoms with van der Waals surface area (Å²) in [6.45, 7) is 1.61. The van der Waals surface area contributed by atoms with Crippen LogP contribution >= 0.6 is 0 Å². The normalized spacial score (nSPS) is 19.6. The highest BCUT2D eigenvalue weighted by atomic mass is 19.3. The highest BCUT2D eigenvalue weighted by Gasteiger charge is 2.26. The van der Waals surface area contributed by atoms with Crippen molar-refractivity contribution in [2.75, 3.05) is 0 Å². The quantitative estimate of drug-likeness (QED) is 0.868. The molecule has 0 aromatic carbocycles. The summed E-state index contributed by atoms with van der Waals surface area (Å²) in [5, 5.41) is 13.0. The average Bonchev–Trinajstić information content (AvgIpc) is 2.77. The van der Waals surface area contributed by atoms with E-state index in [4.69, 9.17) is 0 Å². The first-order valence-electron chi connectivity index (χ1n) is 6.73. The maximum Gasteiger partial charge on any atom is 0.315 e. The molecule has 0 bridgehead atoms. The predicted octanol–water partition coefficient (Wildman–Crippen LogP) is 1.02. The third-order valence-corrected chi connectivity index (χ3v) is 3.59. The van der Waals surface area contributed by atoms with Crippen LogP contribution in [0.15, 0.2) is 0 Å². The topological polar surface area (TPSA) is 71.8 Å². The van der Waals surface area contributed by atoms with Gasteiger partial charge in [-0.2, -0.15) is 0 Å². The van der Waals surface area contributed by atoms with Crippen molar-refractivity contribution >= 4 is 6.03 Å². The molecule has 2 atom stereocenters. The van der Waals surface area contributed by atoms with Crippen LogP contribution in [0.5, 0.6) is 0 Å². The lowest BCUT2D eigenvalue weighted by atomic mass is 9.96. The Bertz CT molecular complexity index is 476. The van der Waals surface area contributed by atoms with Gasteiger partial charge in [-0.3, -0.25) is 4.68 Å². The third-order valence-electron chi connectivity index (χ3n) is 3.59. The Morgan fingerprint density at radius 2 is 2.30 bits per heavy atom. The van der Waals surface area contributed by atoms with E-state index in [-0.39, 0.29) is 12.5 Å². The SMILES string of the molecule is CCC(NC(=O)NC1CCc2c(nnn2C)C1)C(F)F. The fraction of sp³-hybridized carbons (Fsp3) is 0.750. The molecule has 2 N–H and O–H groups in total. The largest absolute Gasteiger partial charge is 0.335 e. The molecule has 1 heterocycles. The Hall–Kier alpha value is -1.73. The molecule has 20 heavy (non-hydrogen) atoms. The fourth-order valence-corrected chi connectivity index (χ4v) is 2.39. The highest BCUT2D eigenvalue weighted by Crippen LogP contribution is 2.18. The van der Waals surface area contributed by atoms with Crippen molar-refractivity contribution in [3.63, 3.8) is 0 Å². The summed E-state index contributed by atoms with van der Waals surface area (Å²) in [6, 6.07) is -1.74. The van der Waals surface area contributed by atoms with Crippen molar-refractivity contribution in [1.82, 2.24) is 25.6 Å². The van der Waals surface area contributed by atoms with Gasteiger partial charge in [0.15, 0.2) is 0 Å². The summed E-state index contributed by atoms with van der Waals surface area (Å²) in [5.74, 6) is 0. The van der Waals surface area contributed by atoms with E-state index in [1.807, 2.05) is 7.05 Å². The van der Waals surface area contributed by atoms with Crippen LogP contribution in [0.1, 0.15) is 31.2 Å². The van der Waals surface area contributed by atoms with E-state index >= 15 is 0 Å². The van der Waals surface area contributed by atoms with E-state index in [1.54, 1.807) is 11.6 Å². The van der Waals surface area contributed by atoms with Gasteiger partial charge in [-0.1, -0.05) is 12.1 Å². The standard InChI is InChI=1S/C12H19F2N5O/c1-3-8(11(13)14)16-12(20)15-7-4-5-10-9(6-7)17-18-19(10)2/h7-8,11H,3-6H2,1-2H3,(H2,15,16,20). The van der Waals surface area contributed by atoms with E-state index in [0.717, 1.165) is 24.2 Å². The number of hydrogen-bond donors (Lipinski definition) is 2. The number of aromatic nitrogens is 3. The summed E-state index contributed by atoms with van der Waals surface area (Å²) >= 11 is 0. The van der Waals surface area contributed by atoms with Crippen molar-refractivity contribution in [2.24, 2.45) is 7.05 Å². The first kappa shape index (κ1) is 14.7. The lowest BCUT2D eigenvalue weighted by molar-refractivity contribution is 0.0990. The van der Waals surface area contributed by atoms with Crippen LogP contribution in [-0.2, 0) is 19.9 Å². The summed E-state index contributed by atoms with van der Waals surface area (Å²) in [7, 11) is 1.83. The monoisotopic (exact) mass is 287 g/mol. The molecule has 0 saturated heterocycles. The van der Waals surface area contributed by atoms with Gasteiger partial charge in [0, 0.05) is 19.5 Å². The van der Waals surface area contributed by atoms with Gasteiger partial charge in [0.25, 0.3) is 6.43 Å². The van der Waals surface area contributed by atoms with Crippen molar-refractivity contribution in [3.05, 3.63) is 11.4 Å².